The lowest BCUT2D eigenvalue weighted by molar-refractivity contribution is -0.122. The number of anilines is 1. The Labute approximate surface area is 169 Å². The van der Waals surface area contributed by atoms with Crippen LogP contribution in [0, 0.1) is 6.92 Å². The van der Waals surface area contributed by atoms with E-state index in [-0.39, 0.29) is 5.91 Å². The fraction of sp³-hybridized carbons (Fsp3) is 0.136. The van der Waals surface area contributed by atoms with E-state index in [0.29, 0.717) is 22.1 Å². The molecule has 0 saturated carbocycles. The lowest BCUT2D eigenvalue weighted by Crippen LogP contribution is -2.30. The van der Waals surface area contributed by atoms with Crippen LogP contribution in [0.5, 0.6) is 5.75 Å². The number of hydrogen-bond acceptors (Lipinski definition) is 4. The van der Waals surface area contributed by atoms with Crippen LogP contribution in [-0.4, -0.2) is 12.0 Å². The molecule has 0 fully saturated rings. The van der Waals surface area contributed by atoms with Crippen molar-refractivity contribution >= 4 is 34.6 Å². The first-order valence-electron chi connectivity index (χ1n) is 8.82. The fourth-order valence-corrected chi connectivity index (χ4v) is 2.68. The number of azo groups is 1. The van der Waals surface area contributed by atoms with Crippen molar-refractivity contribution in [2.45, 2.75) is 20.0 Å². The van der Waals surface area contributed by atoms with Gasteiger partial charge in [-0.3, -0.25) is 4.79 Å². The van der Waals surface area contributed by atoms with E-state index in [1.807, 2.05) is 37.3 Å². The molecule has 0 aliphatic rings. The third-order valence-electron chi connectivity index (χ3n) is 3.98. The zero-order chi connectivity index (χ0) is 19.9. The van der Waals surface area contributed by atoms with Crippen molar-refractivity contribution in [3.8, 4) is 5.75 Å². The third kappa shape index (κ3) is 5.41. The van der Waals surface area contributed by atoms with Gasteiger partial charge in [0, 0.05) is 10.7 Å². The summed E-state index contributed by atoms with van der Waals surface area (Å²) < 4.78 is 5.74. The van der Waals surface area contributed by atoms with E-state index in [9.17, 15) is 4.79 Å². The van der Waals surface area contributed by atoms with Crippen LogP contribution in [0.1, 0.15) is 12.5 Å². The summed E-state index contributed by atoms with van der Waals surface area (Å²) in [5.41, 5.74) is 3.01. The number of hydrogen-bond donors (Lipinski definition) is 1. The Hall–Kier alpha value is -3.18. The second-order valence-electron chi connectivity index (χ2n) is 6.24. The zero-order valence-electron chi connectivity index (χ0n) is 15.6. The van der Waals surface area contributed by atoms with Crippen molar-refractivity contribution < 1.29 is 9.53 Å². The Morgan fingerprint density at radius 1 is 0.964 bits per heavy atom. The number of carbonyl (C=O) groups is 1. The molecule has 1 N–H and O–H groups in total. The van der Waals surface area contributed by atoms with Gasteiger partial charge in [-0.15, -0.1) is 0 Å². The number of carbonyl (C=O) groups excluding carboxylic acids is 1. The number of ether oxygens (including phenoxy) is 1. The van der Waals surface area contributed by atoms with Crippen LogP contribution < -0.4 is 10.1 Å². The number of halogens is 1. The van der Waals surface area contributed by atoms with E-state index in [0.717, 1.165) is 11.3 Å². The summed E-state index contributed by atoms with van der Waals surface area (Å²) in [6.45, 7) is 3.58. The molecule has 1 amide bonds. The second-order valence-corrected chi connectivity index (χ2v) is 6.68. The largest absolute Gasteiger partial charge is 0.481 e. The number of rotatable bonds is 6. The molecule has 3 aromatic rings. The molecule has 142 valence electrons. The second kappa shape index (κ2) is 9.15. The molecule has 1 atom stereocenters. The topological polar surface area (TPSA) is 63.0 Å². The summed E-state index contributed by atoms with van der Waals surface area (Å²) >= 11 is 5.94. The SMILES string of the molecule is Cc1cc(Cl)ccc1O[C@H](C)C(=O)Nc1ccc(N=Nc2ccccc2)cc1. The molecule has 0 heterocycles. The highest BCUT2D eigenvalue weighted by atomic mass is 35.5. The van der Waals surface area contributed by atoms with Gasteiger partial charge in [-0.05, 0) is 74.0 Å². The maximum Gasteiger partial charge on any atom is 0.265 e. The minimum absolute atomic E-state index is 0.243. The maximum absolute atomic E-state index is 12.4. The van der Waals surface area contributed by atoms with Crippen molar-refractivity contribution in [2.75, 3.05) is 5.32 Å². The average Bonchev–Trinajstić information content (AvgIpc) is 2.70. The van der Waals surface area contributed by atoms with Gasteiger partial charge < -0.3 is 10.1 Å². The fourth-order valence-electron chi connectivity index (χ4n) is 2.45. The van der Waals surface area contributed by atoms with E-state index in [1.165, 1.54) is 0 Å². The van der Waals surface area contributed by atoms with Crippen molar-refractivity contribution in [3.63, 3.8) is 0 Å². The van der Waals surface area contributed by atoms with Gasteiger partial charge in [-0.25, -0.2) is 0 Å². The molecule has 0 aliphatic carbocycles. The molecule has 3 aromatic carbocycles. The zero-order valence-corrected chi connectivity index (χ0v) is 16.4. The lowest BCUT2D eigenvalue weighted by atomic mass is 10.2. The summed E-state index contributed by atoms with van der Waals surface area (Å²) in [6.07, 6.45) is -0.655. The monoisotopic (exact) mass is 393 g/mol. The lowest BCUT2D eigenvalue weighted by Gasteiger charge is -2.16. The predicted molar refractivity (Wildman–Crippen MR) is 112 cm³/mol. The Balaban J connectivity index is 1.58. The molecular formula is C22H20ClN3O2. The summed E-state index contributed by atoms with van der Waals surface area (Å²) in [5.74, 6) is 0.386. The molecule has 0 saturated heterocycles. The van der Waals surface area contributed by atoms with Crippen molar-refractivity contribution in [3.05, 3.63) is 83.4 Å². The summed E-state index contributed by atoms with van der Waals surface area (Å²) in [6, 6.07) is 21.9. The number of nitrogens with zero attached hydrogens (tertiary/aromatic N) is 2. The molecule has 3 rings (SSSR count). The van der Waals surface area contributed by atoms with Gasteiger partial charge in [0.1, 0.15) is 5.75 Å². The molecule has 0 aromatic heterocycles. The molecule has 0 bridgehead atoms. The highest BCUT2D eigenvalue weighted by molar-refractivity contribution is 6.30. The normalized spacial score (nSPS) is 12.0. The van der Waals surface area contributed by atoms with Gasteiger partial charge in [0.2, 0.25) is 0 Å². The number of aryl methyl sites for hydroxylation is 1. The van der Waals surface area contributed by atoms with Crippen LogP contribution in [0.4, 0.5) is 17.1 Å². The van der Waals surface area contributed by atoms with E-state index < -0.39 is 6.10 Å². The van der Waals surface area contributed by atoms with Crippen LogP contribution in [0.2, 0.25) is 5.02 Å². The highest BCUT2D eigenvalue weighted by Gasteiger charge is 2.16. The van der Waals surface area contributed by atoms with Gasteiger partial charge in [-0.2, -0.15) is 10.2 Å². The number of benzene rings is 3. The number of amides is 1. The van der Waals surface area contributed by atoms with Crippen LogP contribution in [0.3, 0.4) is 0 Å². The smallest absolute Gasteiger partial charge is 0.265 e. The van der Waals surface area contributed by atoms with Gasteiger partial charge in [0.05, 0.1) is 11.4 Å². The minimum Gasteiger partial charge on any atom is -0.481 e. The standard InChI is InChI=1S/C22H20ClN3O2/c1-15-14-17(23)8-13-21(15)28-16(2)22(27)24-18-9-11-20(12-10-18)26-25-19-6-4-3-5-7-19/h3-14,16H,1-2H3,(H,24,27)/t16-/m1/s1. The van der Waals surface area contributed by atoms with Gasteiger partial charge in [-0.1, -0.05) is 29.8 Å². The highest BCUT2D eigenvalue weighted by Crippen LogP contribution is 2.24. The van der Waals surface area contributed by atoms with Gasteiger partial charge in [0.25, 0.3) is 5.91 Å². The molecule has 28 heavy (non-hydrogen) atoms. The Kier molecular flexibility index (Phi) is 6.40. The van der Waals surface area contributed by atoms with E-state index >= 15 is 0 Å². The van der Waals surface area contributed by atoms with Crippen molar-refractivity contribution in [2.24, 2.45) is 10.2 Å². The summed E-state index contributed by atoms with van der Waals surface area (Å²) in [4.78, 5) is 12.4. The molecule has 0 aliphatic heterocycles. The molecule has 0 radical (unpaired) electrons. The van der Waals surface area contributed by atoms with Gasteiger partial charge >= 0.3 is 0 Å². The first-order valence-corrected chi connectivity index (χ1v) is 9.19. The molecule has 6 heteroatoms. The minimum atomic E-state index is -0.655. The van der Waals surface area contributed by atoms with Crippen LogP contribution in [0.25, 0.3) is 0 Å². The van der Waals surface area contributed by atoms with E-state index in [2.05, 4.69) is 15.5 Å². The first kappa shape index (κ1) is 19.6. The molecule has 5 nitrogen and oxygen atoms in total. The average molecular weight is 394 g/mol. The van der Waals surface area contributed by atoms with Gasteiger partial charge in [0.15, 0.2) is 6.10 Å². The third-order valence-corrected chi connectivity index (χ3v) is 4.22. The Bertz CT molecular complexity index is 973. The molecule has 0 spiro atoms. The Morgan fingerprint density at radius 2 is 1.61 bits per heavy atom. The Morgan fingerprint density at radius 3 is 2.25 bits per heavy atom. The first-order chi connectivity index (χ1) is 13.5. The molecule has 0 unspecified atom stereocenters. The summed E-state index contributed by atoms with van der Waals surface area (Å²) in [7, 11) is 0. The van der Waals surface area contributed by atoms with Crippen LogP contribution in [-0.2, 0) is 4.79 Å². The summed E-state index contributed by atoms with van der Waals surface area (Å²) in [5, 5.41) is 11.8. The van der Waals surface area contributed by atoms with Crippen molar-refractivity contribution in [1.29, 1.82) is 0 Å². The van der Waals surface area contributed by atoms with Crippen LogP contribution in [0.15, 0.2) is 83.0 Å². The quantitative estimate of drug-likeness (QED) is 0.488. The number of nitrogens with one attached hydrogen (secondary N) is 1. The maximum atomic E-state index is 12.4. The van der Waals surface area contributed by atoms with Crippen molar-refractivity contribution in [1.82, 2.24) is 0 Å². The predicted octanol–water partition coefficient (Wildman–Crippen LogP) is 6.47. The van der Waals surface area contributed by atoms with E-state index in [4.69, 9.17) is 16.3 Å². The van der Waals surface area contributed by atoms with E-state index in [1.54, 1.807) is 49.4 Å². The molecular weight excluding hydrogens is 374 g/mol. The van der Waals surface area contributed by atoms with Crippen LogP contribution >= 0.6 is 11.6 Å².